The van der Waals surface area contributed by atoms with Crippen LogP contribution < -0.4 is 11.1 Å². The molecule has 1 aromatic carbocycles. The summed E-state index contributed by atoms with van der Waals surface area (Å²) in [5.41, 5.74) is 6.58. The van der Waals surface area contributed by atoms with Crippen molar-refractivity contribution in [2.24, 2.45) is 0 Å². The van der Waals surface area contributed by atoms with Crippen LogP contribution in [0.5, 0.6) is 0 Å². The number of aromatic nitrogens is 1. The van der Waals surface area contributed by atoms with Gasteiger partial charge in [0.05, 0.1) is 15.7 Å². The molecule has 1 amide bonds. The van der Waals surface area contributed by atoms with E-state index in [1.807, 2.05) is 12.3 Å². The first-order valence-electron chi connectivity index (χ1n) is 5.80. The molecule has 4 nitrogen and oxygen atoms in total. The highest BCUT2D eigenvalue weighted by atomic mass is 35.5. The number of nitrogen functional groups attached to an aromatic ring is 1. The summed E-state index contributed by atoms with van der Waals surface area (Å²) in [4.78, 5) is 16.2. The lowest BCUT2D eigenvalue weighted by molar-refractivity contribution is 0.0951. The van der Waals surface area contributed by atoms with Crippen LogP contribution in [0.3, 0.4) is 0 Å². The Kier molecular flexibility index (Phi) is 4.39. The highest BCUT2D eigenvalue weighted by Crippen LogP contribution is 2.20. The molecule has 6 heteroatoms. The van der Waals surface area contributed by atoms with Crippen molar-refractivity contribution in [3.63, 3.8) is 0 Å². The molecule has 0 bridgehead atoms. The van der Waals surface area contributed by atoms with Crippen LogP contribution in [0.4, 0.5) is 5.69 Å². The van der Waals surface area contributed by atoms with Gasteiger partial charge in [-0.05, 0) is 18.2 Å². The summed E-state index contributed by atoms with van der Waals surface area (Å²) in [5, 5.41) is 6.19. The van der Waals surface area contributed by atoms with Crippen LogP contribution in [0.1, 0.15) is 28.2 Å². The predicted molar refractivity (Wildman–Crippen MR) is 78.7 cm³/mol. The number of carbonyl (C=O) groups excluding carboxylic acids is 1. The van der Waals surface area contributed by atoms with E-state index in [1.165, 1.54) is 0 Å². The van der Waals surface area contributed by atoms with Crippen LogP contribution in [0.25, 0.3) is 0 Å². The van der Waals surface area contributed by atoms with Crippen LogP contribution in [0.2, 0.25) is 5.02 Å². The van der Waals surface area contributed by atoms with E-state index in [0.717, 1.165) is 5.01 Å². The van der Waals surface area contributed by atoms with E-state index in [1.54, 1.807) is 35.7 Å². The molecule has 1 atom stereocenters. The summed E-state index contributed by atoms with van der Waals surface area (Å²) >= 11 is 7.47. The van der Waals surface area contributed by atoms with Gasteiger partial charge in [-0.25, -0.2) is 4.98 Å². The maximum absolute atomic E-state index is 12.0. The molecule has 1 aromatic heterocycles. The third kappa shape index (κ3) is 3.45. The minimum atomic E-state index is -0.162. The number of nitrogens with one attached hydrogen (secondary N) is 1. The smallest absolute Gasteiger partial charge is 0.251 e. The van der Waals surface area contributed by atoms with Crippen molar-refractivity contribution in [3.05, 3.63) is 45.4 Å². The molecule has 2 aromatic rings. The molecule has 2 rings (SSSR count). The Labute approximate surface area is 120 Å². The number of benzene rings is 1. The lowest BCUT2D eigenvalue weighted by Gasteiger charge is -2.10. The van der Waals surface area contributed by atoms with Gasteiger partial charge in [0, 0.05) is 29.6 Å². The molecule has 1 unspecified atom stereocenters. The average molecular weight is 296 g/mol. The number of amides is 1. The number of halogens is 1. The Morgan fingerprint density at radius 1 is 1.58 bits per heavy atom. The SMILES string of the molecule is CC(CNC(=O)c1ccc(N)c(Cl)c1)c1nccs1. The third-order valence-corrected chi connectivity index (χ3v) is 4.04. The third-order valence-electron chi connectivity index (χ3n) is 2.70. The molecular weight excluding hydrogens is 282 g/mol. The second kappa shape index (κ2) is 6.04. The number of nitrogens with zero attached hydrogens (tertiary/aromatic N) is 1. The van der Waals surface area contributed by atoms with E-state index >= 15 is 0 Å². The minimum Gasteiger partial charge on any atom is -0.398 e. The van der Waals surface area contributed by atoms with Gasteiger partial charge in [0.15, 0.2) is 0 Å². The molecular formula is C13H14ClN3OS. The number of rotatable bonds is 4. The summed E-state index contributed by atoms with van der Waals surface area (Å²) in [7, 11) is 0. The number of anilines is 1. The lowest BCUT2D eigenvalue weighted by atomic mass is 10.1. The predicted octanol–water partition coefficient (Wildman–Crippen LogP) is 2.91. The Balaban J connectivity index is 1.96. The zero-order chi connectivity index (χ0) is 13.8. The van der Waals surface area contributed by atoms with E-state index in [2.05, 4.69) is 10.3 Å². The van der Waals surface area contributed by atoms with E-state index in [0.29, 0.717) is 22.8 Å². The van der Waals surface area contributed by atoms with E-state index < -0.39 is 0 Å². The quantitative estimate of drug-likeness (QED) is 0.852. The van der Waals surface area contributed by atoms with E-state index in [-0.39, 0.29) is 11.8 Å². The molecule has 0 fully saturated rings. The first kappa shape index (κ1) is 13.8. The number of carbonyl (C=O) groups is 1. The minimum absolute atomic E-state index is 0.162. The highest BCUT2D eigenvalue weighted by Gasteiger charge is 2.12. The van der Waals surface area contributed by atoms with Gasteiger partial charge in [0.1, 0.15) is 0 Å². The molecule has 19 heavy (non-hydrogen) atoms. The van der Waals surface area contributed by atoms with Crippen LogP contribution in [0, 0.1) is 0 Å². The Morgan fingerprint density at radius 3 is 3.00 bits per heavy atom. The maximum atomic E-state index is 12.0. The molecule has 0 aliphatic heterocycles. The molecule has 0 aliphatic carbocycles. The molecule has 0 saturated carbocycles. The Morgan fingerprint density at radius 2 is 2.37 bits per heavy atom. The summed E-state index contributed by atoms with van der Waals surface area (Å²) in [5.74, 6) is 0.0264. The van der Waals surface area contributed by atoms with Crippen molar-refractivity contribution < 1.29 is 4.79 Å². The molecule has 100 valence electrons. The average Bonchev–Trinajstić information content (AvgIpc) is 2.92. The molecule has 1 heterocycles. The van der Waals surface area contributed by atoms with Gasteiger partial charge >= 0.3 is 0 Å². The maximum Gasteiger partial charge on any atom is 0.251 e. The Bertz CT molecular complexity index is 571. The first-order chi connectivity index (χ1) is 9.08. The summed E-state index contributed by atoms with van der Waals surface area (Å²) < 4.78 is 0. The lowest BCUT2D eigenvalue weighted by Crippen LogP contribution is -2.27. The van der Waals surface area contributed by atoms with Gasteiger partial charge in [-0.1, -0.05) is 18.5 Å². The fourth-order valence-electron chi connectivity index (χ4n) is 1.58. The molecule has 0 spiro atoms. The summed E-state index contributed by atoms with van der Waals surface area (Å²) in [6.45, 7) is 2.56. The van der Waals surface area contributed by atoms with Crippen LogP contribution in [-0.2, 0) is 0 Å². The summed E-state index contributed by atoms with van der Waals surface area (Å²) in [6, 6.07) is 4.85. The highest BCUT2D eigenvalue weighted by molar-refractivity contribution is 7.09. The first-order valence-corrected chi connectivity index (χ1v) is 7.06. The van der Waals surface area contributed by atoms with Crippen molar-refractivity contribution in [2.75, 3.05) is 12.3 Å². The van der Waals surface area contributed by atoms with E-state index in [4.69, 9.17) is 17.3 Å². The number of hydrogen-bond donors (Lipinski definition) is 2. The second-order valence-electron chi connectivity index (χ2n) is 4.22. The molecule has 0 radical (unpaired) electrons. The zero-order valence-electron chi connectivity index (χ0n) is 10.4. The van der Waals surface area contributed by atoms with Gasteiger partial charge in [-0.15, -0.1) is 11.3 Å². The van der Waals surface area contributed by atoms with Gasteiger partial charge in [0.25, 0.3) is 5.91 Å². The Hall–Kier alpha value is -1.59. The number of nitrogens with two attached hydrogens (primary N) is 1. The largest absolute Gasteiger partial charge is 0.398 e. The second-order valence-corrected chi connectivity index (χ2v) is 5.55. The normalized spacial score (nSPS) is 12.1. The topological polar surface area (TPSA) is 68.0 Å². The zero-order valence-corrected chi connectivity index (χ0v) is 12.0. The number of thiazole rings is 1. The van der Waals surface area contributed by atoms with Gasteiger partial charge in [-0.2, -0.15) is 0 Å². The molecule has 3 N–H and O–H groups in total. The van der Waals surface area contributed by atoms with Gasteiger partial charge < -0.3 is 11.1 Å². The van der Waals surface area contributed by atoms with Crippen molar-refractivity contribution in [1.82, 2.24) is 10.3 Å². The van der Waals surface area contributed by atoms with Crippen molar-refractivity contribution in [2.45, 2.75) is 12.8 Å². The van der Waals surface area contributed by atoms with Crippen LogP contribution >= 0.6 is 22.9 Å². The fraction of sp³-hybridized carbons (Fsp3) is 0.231. The van der Waals surface area contributed by atoms with Crippen molar-refractivity contribution in [3.8, 4) is 0 Å². The monoisotopic (exact) mass is 295 g/mol. The fourth-order valence-corrected chi connectivity index (χ4v) is 2.46. The van der Waals surface area contributed by atoms with Crippen molar-refractivity contribution >= 4 is 34.5 Å². The van der Waals surface area contributed by atoms with Crippen LogP contribution in [-0.4, -0.2) is 17.4 Å². The van der Waals surface area contributed by atoms with Gasteiger partial charge in [-0.3, -0.25) is 4.79 Å². The van der Waals surface area contributed by atoms with Crippen LogP contribution in [0.15, 0.2) is 29.8 Å². The van der Waals surface area contributed by atoms with Gasteiger partial charge in [0.2, 0.25) is 0 Å². The summed E-state index contributed by atoms with van der Waals surface area (Å²) in [6.07, 6.45) is 1.76. The van der Waals surface area contributed by atoms with Crippen molar-refractivity contribution in [1.29, 1.82) is 0 Å². The molecule has 0 aliphatic rings. The standard InChI is InChI=1S/C13H14ClN3OS/c1-8(13-16-4-5-19-13)7-17-12(18)9-2-3-11(15)10(14)6-9/h2-6,8H,7,15H2,1H3,(H,17,18). The molecule has 0 saturated heterocycles. The number of hydrogen-bond acceptors (Lipinski definition) is 4. The van der Waals surface area contributed by atoms with E-state index in [9.17, 15) is 4.79 Å².